The molecule has 1 unspecified atom stereocenters. The lowest BCUT2D eigenvalue weighted by molar-refractivity contribution is -0.117. The van der Waals surface area contributed by atoms with E-state index < -0.39 is 0 Å². The highest BCUT2D eigenvalue weighted by atomic mass is 16.1. The second-order valence-electron chi connectivity index (χ2n) is 6.57. The maximum Gasteiger partial charge on any atom is 0.244 e. The number of hydrogen-bond donors (Lipinski definition) is 1. The first-order valence-electron chi connectivity index (χ1n) is 8.54. The number of nitrogens with one attached hydrogen (secondary N) is 1. The van der Waals surface area contributed by atoms with E-state index in [9.17, 15) is 4.79 Å². The number of rotatable bonds is 7. The molecule has 1 atom stereocenters. The zero-order valence-electron chi connectivity index (χ0n) is 14.2. The quantitative estimate of drug-likeness (QED) is 0.786. The predicted molar refractivity (Wildman–Crippen MR) is 91.8 cm³/mol. The molecule has 5 heteroatoms. The van der Waals surface area contributed by atoms with Crippen molar-refractivity contribution in [1.29, 1.82) is 0 Å². The molecule has 1 saturated carbocycles. The first-order valence-corrected chi connectivity index (χ1v) is 8.54. The molecule has 0 saturated heterocycles. The topological polar surface area (TPSA) is 58.1 Å². The minimum Gasteiger partial charge on any atom is -0.343 e. The van der Waals surface area contributed by atoms with Crippen LogP contribution in [0.25, 0.3) is 0 Å². The van der Waals surface area contributed by atoms with Crippen LogP contribution in [0.2, 0.25) is 0 Å². The summed E-state index contributed by atoms with van der Waals surface area (Å²) in [6, 6.07) is 1.70. The van der Waals surface area contributed by atoms with Crippen molar-refractivity contribution < 1.29 is 4.79 Å². The van der Waals surface area contributed by atoms with Gasteiger partial charge in [-0.1, -0.05) is 38.2 Å². The van der Waals surface area contributed by atoms with Crippen LogP contribution >= 0.6 is 0 Å². The van der Waals surface area contributed by atoms with Gasteiger partial charge in [-0.3, -0.25) is 4.79 Å². The fraction of sp³-hybridized carbons (Fsp3) is 0.611. The summed E-state index contributed by atoms with van der Waals surface area (Å²) in [5, 5.41) is 3.09. The van der Waals surface area contributed by atoms with E-state index >= 15 is 0 Å². The molecule has 1 aliphatic rings. The average molecular weight is 316 g/mol. The highest BCUT2D eigenvalue weighted by Crippen LogP contribution is 2.30. The maximum atomic E-state index is 12.2. The number of carbonyl (C=O) groups excluding carboxylic acids is 1. The number of aromatic nitrogens is 2. The third-order valence-corrected chi connectivity index (χ3v) is 4.25. The first kappa shape index (κ1) is 17.6. The molecule has 1 N–H and O–H groups in total. The first-order chi connectivity index (χ1) is 11.1. The Labute approximate surface area is 139 Å². The van der Waals surface area contributed by atoms with Crippen LogP contribution < -0.4 is 5.32 Å². The lowest BCUT2D eigenvalue weighted by Crippen LogP contribution is -2.30. The number of nitrogens with zero attached hydrogens (tertiary/aromatic N) is 3. The van der Waals surface area contributed by atoms with Crippen LogP contribution in [0, 0.1) is 5.92 Å². The van der Waals surface area contributed by atoms with Crippen LogP contribution in [0.15, 0.2) is 30.6 Å². The molecule has 1 heterocycles. The second kappa shape index (κ2) is 9.40. The van der Waals surface area contributed by atoms with E-state index in [-0.39, 0.29) is 11.9 Å². The molecule has 1 amide bonds. The third kappa shape index (κ3) is 6.48. The van der Waals surface area contributed by atoms with Crippen molar-refractivity contribution in [2.24, 2.45) is 5.92 Å². The molecule has 1 aromatic rings. The third-order valence-electron chi connectivity index (χ3n) is 4.25. The van der Waals surface area contributed by atoms with E-state index in [1.165, 1.54) is 32.1 Å². The van der Waals surface area contributed by atoms with Crippen molar-refractivity contribution in [2.75, 3.05) is 20.6 Å². The van der Waals surface area contributed by atoms with Crippen LogP contribution in [0.4, 0.5) is 0 Å². The van der Waals surface area contributed by atoms with Crippen LogP contribution in [0.1, 0.15) is 50.4 Å². The van der Waals surface area contributed by atoms with E-state index in [1.807, 2.05) is 25.1 Å². The molecule has 0 radical (unpaired) electrons. The SMILES string of the molecule is CN(C)C/C=C/C(=O)NC(CC1CCCCC1)c1ncccn1. The Morgan fingerprint density at radius 3 is 2.65 bits per heavy atom. The summed E-state index contributed by atoms with van der Waals surface area (Å²) in [6.45, 7) is 0.753. The molecule has 1 aliphatic carbocycles. The lowest BCUT2D eigenvalue weighted by Gasteiger charge is -2.26. The smallest absolute Gasteiger partial charge is 0.244 e. The molecule has 0 bridgehead atoms. The van der Waals surface area contributed by atoms with E-state index in [0.29, 0.717) is 11.7 Å². The highest BCUT2D eigenvalue weighted by molar-refractivity contribution is 5.87. The maximum absolute atomic E-state index is 12.2. The van der Waals surface area contributed by atoms with Gasteiger partial charge in [0.25, 0.3) is 0 Å². The Bertz CT molecular complexity index is 495. The molecule has 2 rings (SSSR count). The fourth-order valence-electron chi connectivity index (χ4n) is 3.07. The molecule has 126 valence electrons. The minimum absolute atomic E-state index is 0.0693. The molecule has 23 heavy (non-hydrogen) atoms. The molecule has 1 fully saturated rings. The molecule has 0 aromatic carbocycles. The largest absolute Gasteiger partial charge is 0.343 e. The van der Waals surface area contributed by atoms with Crippen molar-refractivity contribution in [1.82, 2.24) is 20.2 Å². The normalized spacial score (nSPS) is 17.5. The van der Waals surface area contributed by atoms with Crippen molar-refractivity contribution in [3.05, 3.63) is 36.4 Å². The van der Waals surface area contributed by atoms with Crippen molar-refractivity contribution >= 4 is 5.91 Å². The number of amides is 1. The highest BCUT2D eigenvalue weighted by Gasteiger charge is 2.22. The summed E-state index contributed by atoms with van der Waals surface area (Å²) in [7, 11) is 3.96. The van der Waals surface area contributed by atoms with Crippen molar-refractivity contribution in [3.8, 4) is 0 Å². The Morgan fingerprint density at radius 2 is 2.00 bits per heavy atom. The van der Waals surface area contributed by atoms with Gasteiger partial charge in [0.1, 0.15) is 5.82 Å². The van der Waals surface area contributed by atoms with Gasteiger partial charge in [0.15, 0.2) is 0 Å². The number of likely N-dealkylation sites (N-methyl/N-ethyl adjacent to an activating group) is 1. The summed E-state index contributed by atoms with van der Waals surface area (Å²) in [6.07, 6.45) is 14.3. The van der Waals surface area contributed by atoms with Crippen LogP contribution in [-0.4, -0.2) is 41.4 Å². The van der Waals surface area contributed by atoms with Gasteiger partial charge in [0, 0.05) is 25.0 Å². The van der Waals surface area contributed by atoms with Gasteiger partial charge in [-0.15, -0.1) is 0 Å². The lowest BCUT2D eigenvalue weighted by atomic mass is 9.84. The zero-order chi connectivity index (χ0) is 16.5. The number of hydrogen-bond acceptors (Lipinski definition) is 4. The summed E-state index contributed by atoms with van der Waals surface area (Å²) in [5.41, 5.74) is 0. The van der Waals surface area contributed by atoms with E-state index in [1.54, 1.807) is 24.5 Å². The van der Waals surface area contributed by atoms with Gasteiger partial charge in [0.2, 0.25) is 5.91 Å². The van der Waals surface area contributed by atoms with Crippen LogP contribution in [0.5, 0.6) is 0 Å². The molecule has 1 aromatic heterocycles. The fourth-order valence-corrected chi connectivity index (χ4v) is 3.07. The van der Waals surface area contributed by atoms with Gasteiger partial charge in [-0.2, -0.15) is 0 Å². The summed E-state index contributed by atoms with van der Waals surface area (Å²) >= 11 is 0. The van der Waals surface area contributed by atoms with Crippen LogP contribution in [-0.2, 0) is 4.79 Å². The van der Waals surface area contributed by atoms with Gasteiger partial charge in [-0.25, -0.2) is 9.97 Å². The molecule has 5 nitrogen and oxygen atoms in total. The Balaban J connectivity index is 1.98. The summed E-state index contributed by atoms with van der Waals surface area (Å²) in [5.74, 6) is 1.30. The Hall–Kier alpha value is -1.75. The zero-order valence-corrected chi connectivity index (χ0v) is 14.2. The van der Waals surface area contributed by atoms with Crippen molar-refractivity contribution in [2.45, 2.75) is 44.6 Å². The Kier molecular flexibility index (Phi) is 7.20. The second-order valence-corrected chi connectivity index (χ2v) is 6.57. The van der Waals surface area contributed by atoms with Gasteiger partial charge >= 0.3 is 0 Å². The van der Waals surface area contributed by atoms with Crippen LogP contribution in [0.3, 0.4) is 0 Å². The Morgan fingerprint density at radius 1 is 1.30 bits per heavy atom. The molecule has 0 aliphatic heterocycles. The summed E-state index contributed by atoms with van der Waals surface area (Å²) in [4.78, 5) is 22.9. The van der Waals surface area contributed by atoms with Gasteiger partial charge < -0.3 is 10.2 Å². The van der Waals surface area contributed by atoms with Gasteiger partial charge in [0.05, 0.1) is 6.04 Å². The van der Waals surface area contributed by atoms with E-state index in [2.05, 4.69) is 15.3 Å². The van der Waals surface area contributed by atoms with Crippen molar-refractivity contribution in [3.63, 3.8) is 0 Å². The summed E-state index contributed by atoms with van der Waals surface area (Å²) < 4.78 is 0. The average Bonchev–Trinajstić information content (AvgIpc) is 2.56. The molecule has 0 spiro atoms. The van der Waals surface area contributed by atoms with E-state index in [0.717, 1.165) is 13.0 Å². The predicted octanol–water partition coefficient (Wildman–Crippen LogP) is 2.72. The monoisotopic (exact) mass is 316 g/mol. The van der Waals surface area contributed by atoms with Gasteiger partial charge in [-0.05, 0) is 32.5 Å². The molecular formula is C18H28N4O. The standard InChI is InChI=1S/C18H28N4O/c1-22(2)13-6-10-17(23)21-16(18-19-11-7-12-20-18)14-15-8-4-3-5-9-15/h6-7,10-12,15-16H,3-5,8-9,13-14H2,1-2H3,(H,21,23)/b10-6+. The molecular weight excluding hydrogens is 288 g/mol. The number of carbonyl (C=O) groups is 1. The van der Waals surface area contributed by atoms with E-state index in [4.69, 9.17) is 0 Å². The minimum atomic E-state index is -0.101.